The second-order valence-electron chi connectivity index (χ2n) is 6.66. The monoisotopic (exact) mass is 365 g/mol. The SMILES string of the molecule is CCN1CCN(C(=O)c2ccc(-c3ccc(C(C)=O)cn3)cc2)C(C)C1=O. The van der Waals surface area contributed by atoms with E-state index in [-0.39, 0.29) is 17.6 Å². The number of carbonyl (C=O) groups excluding carboxylic acids is 3. The molecule has 3 rings (SSSR count). The number of Topliss-reactive ketones (excluding diaryl/α,β-unsaturated/α-hetero) is 1. The van der Waals surface area contributed by atoms with Crippen LogP contribution >= 0.6 is 0 Å². The molecule has 0 saturated carbocycles. The van der Waals surface area contributed by atoms with Crippen LogP contribution in [0.2, 0.25) is 0 Å². The molecule has 2 heterocycles. The van der Waals surface area contributed by atoms with Crippen molar-refractivity contribution < 1.29 is 14.4 Å². The number of aromatic nitrogens is 1. The number of hydrogen-bond donors (Lipinski definition) is 0. The molecule has 0 spiro atoms. The Morgan fingerprint density at radius 2 is 1.74 bits per heavy atom. The summed E-state index contributed by atoms with van der Waals surface area (Å²) in [7, 11) is 0. The van der Waals surface area contributed by atoms with Crippen molar-refractivity contribution in [2.24, 2.45) is 0 Å². The maximum Gasteiger partial charge on any atom is 0.254 e. The van der Waals surface area contributed by atoms with Crippen LogP contribution in [0.25, 0.3) is 11.3 Å². The van der Waals surface area contributed by atoms with Crippen LogP contribution in [0, 0.1) is 0 Å². The lowest BCUT2D eigenvalue weighted by molar-refractivity contribution is -0.139. The molecule has 1 saturated heterocycles. The van der Waals surface area contributed by atoms with E-state index in [0.717, 1.165) is 11.3 Å². The topological polar surface area (TPSA) is 70.6 Å². The van der Waals surface area contributed by atoms with Gasteiger partial charge in [-0.1, -0.05) is 12.1 Å². The summed E-state index contributed by atoms with van der Waals surface area (Å²) in [6, 6.07) is 10.2. The molecule has 0 radical (unpaired) electrons. The predicted octanol–water partition coefficient (Wildman–Crippen LogP) is 2.64. The van der Waals surface area contributed by atoms with Crippen molar-refractivity contribution in [2.75, 3.05) is 19.6 Å². The van der Waals surface area contributed by atoms with Crippen molar-refractivity contribution in [3.8, 4) is 11.3 Å². The molecule has 1 unspecified atom stereocenters. The normalized spacial score (nSPS) is 17.1. The fraction of sp³-hybridized carbons (Fsp3) is 0.333. The number of hydrogen-bond acceptors (Lipinski definition) is 4. The average molecular weight is 365 g/mol. The Labute approximate surface area is 158 Å². The van der Waals surface area contributed by atoms with Gasteiger partial charge in [0.15, 0.2) is 5.78 Å². The number of ketones is 1. The van der Waals surface area contributed by atoms with Gasteiger partial charge in [-0.05, 0) is 45.0 Å². The first-order chi connectivity index (χ1) is 12.9. The van der Waals surface area contributed by atoms with Gasteiger partial charge in [0.1, 0.15) is 6.04 Å². The van der Waals surface area contributed by atoms with Crippen LogP contribution in [0.15, 0.2) is 42.6 Å². The smallest absolute Gasteiger partial charge is 0.254 e. The molecular formula is C21H23N3O3. The summed E-state index contributed by atoms with van der Waals surface area (Å²) in [5.74, 6) is -0.177. The molecule has 1 aromatic heterocycles. The van der Waals surface area contributed by atoms with Crippen LogP contribution in [0.4, 0.5) is 0 Å². The number of nitrogens with zero attached hydrogens (tertiary/aromatic N) is 3. The Kier molecular flexibility index (Phi) is 5.35. The van der Waals surface area contributed by atoms with Gasteiger partial charge in [0.25, 0.3) is 5.91 Å². The minimum atomic E-state index is -0.452. The third-order valence-electron chi connectivity index (χ3n) is 4.99. The van der Waals surface area contributed by atoms with Gasteiger partial charge in [0, 0.05) is 42.5 Å². The minimum absolute atomic E-state index is 0.0107. The van der Waals surface area contributed by atoms with Gasteiger partial charge >= 0.3 is 0 Å². The molecule has 1 fully saturated rings. The van der Waals surface area contributed by atoms with E-state index in [2.05, 4.69) is 4.98 Å². The quantitative estimate of drug-likeness (QED) is 0.781. The third kappa shape index (κ3) is 3.74. The van der Waals surface area contributed by atoms with Crippen molar-refractivity contribution in [3.63, 3.8) is 0 Å². The Bertz CT molecular complexity index is 859. The Balaban J connectivity index is 1.76. The van der Waals surface area contributed by atoms with Crippen molar-refractivity contribution in [3.05, 3.63) is 53.7 Å². The summed E-state index contributed by atoms with van der Waals surface area (Å²) in [6.07, 6.45) is 1.55. The summed E-state index contributed by atoms with van der Waals surface area (Å²) < 4.78 is 0. The Morgan fingerprint density at radius 1 is 1.07 bits per heavy atom. The number of piperazine rings is 1. The summed E-state index contributed by atoms with van der Waals surface area (Å²) >= 11 is 0. The van der Waals surface area contributed by atoms with Gasteiger partial charge in [-0.15, -0.1) is 0 Å². The maximum atomic E-state index is 12.8. The number of benzene rings is 1. The number of amides is 2. The second kappa shape index (κ2) is 7.70. The number of carbonyl (C=O) groups is 3. The van der Waals surface area contributed by atoms with Crippen LogP contribution in [0.5, 0.6) is 0 Å². The van der Waals surface area contributed by atoms with Gasteiger partial charge in [0.2, 0.25) is 5.91 Å². The van der Waals surface area contributed by atoms with Gasteiger partial charge in [-0.2, -0.15) is 0 Å². The van der Waals surface area contributed by atoms with Crippen molar-refractivity contribution in [1.82, 2.24) is 14.8 Å². The van der Waals surface area contributed by atoms with Crippen LogP contribution in [-0.2, 0) is 4.79 Å². The standard InChI is InChI=1S/C21H23N3O3/c1-4-23-11-12-24(14(2)20(23)26)21(27)17-7-5-16(6-8-17)19-10-9-18(13-22-19)15(3)25/h5-10,13-14H,4,11-12H2,1-3H3. The lowest BCUT2D eigenvalue weighted by atomic mass is 10.1. The molecule has 1 aliphatic rings. The summed E-state index contributed by atoms with van der Waals surface area (Å²) in [5, 5.41) is 0. The molecule has 6 heteroatoms. The van der Waals surface area contributed by atoms with E-state index in [1.807, 2.05) is 19.1 Å². The molecule has 2 amide bonds. The first kappa shape index (κ1) is 18.8. The van der Waals surface area contributed by atoms with Crippen LogP contribution < -0.4 is 0 Å². The predicted molar refractivity (Wildman–Crippen MR) is 102 cm³/mol. The van der Waals surface area contributed by atoms with E-state index < -0.39 is 6.04 Å². The highest BCUT2D eigenvalue weighted by atomic mass is 16.2. The Hall–Kier alpha value is -3.02. The molecule has 2 aromatic rings. The van der Waals surface area contributed by atoms with Gasteiger partial charge < -0.3 is 9.80 Å². The van der Waals surface area contributed by atoms with E-state index >= 15 is 0 Å². The summed E-state index contributed by atoms with van der Waals surface area (Å²) in [5.41, 5.74) is 2.71. The highest BCUT2D eigenvalue weighted by Crippen LogP contribution is 2.20. The highest BCUT2D eigenvalue weighted by Gasteiger charge is 2.33. The molecule has 27 heavy (non-hydrogen) atoms. The molecule has 1 aromatic carbocycles. The van der Waals surface area contributed by atoms with E-state index in [1.54, 1.807) is 47.2 Å². The molecule has 1 atom stereocenters. The van der Waals surface area contributed by atoms with E-state index in [0.29, 0.717) is 30.8 Å². The van der Waals surface area contributed by atoms with E-state index in [1.165, 1.54) is 6.92 Å². The fourth-order valence-corrected chi connectivity index (χ4v) is 3.24. The van der Waals surface area contributed by atoms with Crippen molar-refractivity contribution >= 4 is 17.6 Å². The maximum absolute atomic E-state index is 12.8. The molecule has 1 aliphatic heterocycles. The first-order valence-corrected chi connectivity index (χ1v) is 9.09. The van der Waals surface area contributed by atoms with Crippen LogP contribution in [-0.4, -0.2) is 58.1 Å². The lowest BCUT2D eigenvalue weighted by Gasteiger charge is -2.38. The Morgan fingerprint density at radius 3 is 2.30 bits per heavy atom. The zero-order valence-corrected chi connectivity index (χ0v) is 15.8. The molecule has 140 valence electrons. The molecular weight excluding hydrogens is 342 g/mol. The summed E-state index contributed by atoms with van der Waals surface area (Å²) in [4.78, 5) is 44.2. The summed E-state index contributed by atoms with van der Waals surface area (Å²) in [6.45, 7) is 6.98. The average Bonchev–Trinajstić information content (AvgIpc) is 2.70. The molecule has 6 nitrogen and oxygen atoms in total. The number of likely N-dealkylation sites (N-methyl/N-ethyl adjacent to an activating group) is 1. The second-order valence-corrected chi connectivity index (χ2v) is 6.66. The highest BCUT2D eigenvalue weighted by molar-refractivity contribution is 5.98. The lowest BCUT2D eigenvalue weighted by Crippen LogP contribution is -2.57. The molecule has 0 N–H and O–H groups in total. The van der Waals surface area contributed by atoms with Crippen molar-refractivity contribution in [2.45, 2.75) is 26.8 Å². The molecule has 0 bridgehead atoms. The van der Waals surface area contributed by atoms with Crippen molar-refractivity contribution in [1.29, 1.82) is 0 Å². The number of rotatable bonds is 4. The van der Waals surface area contributed by atoms with Gasteiger partial charge in [-0.25, -0.2) is 0 Å². The zero-order valence-electron chi connectivity index (χ0n) is 15.8. The third-order valence-corrected chi connectivity index (χ3v) is 4.99. The van der Waals surface area contributed by atoms with Crippen LogP contribution in [0.3, 0.4) is 0 Å². The fourth-order valence-electron chi connectivity index (χ4n) is 3.24. The molecule has 0 aliphatic carbocycles. The van der Waals surface area contributed by atoms with E-state index in [4.69, 9.17) is 0 Å². The largest absolute Gasteiger partial charge is 0.339 e. The van der Waals surface area contributed by atoms with Gasteiger partial charge in [-0.3, -0.25) is 19.4 Å². The van der Waals surface area contributed by atoms with E-state index in [9.17, 15) is 14.4 Å². The zero-order chi connectivity index (χ0) is 19.6. The minimum Gasteiger partial charge on any atom is -0.339 e. The first-order valence-electron chi connectivity index (χ1n) is 9.09. The van der Waals surface area contributed by atoms with Gasteiger partial charge in [0.05, 0.1) is 5.69 Å². The van der Waals surface area contributed by atoms with Crippen LogP contribution in [0.1, 0.15) is 41.5 Å². The number of pyridine rings is 1.